The Morgan fingerprint density at radius 3 is 2.57 bits per heavy atom. The van der Waals surface area contributed by atoms with Crippen LogP contribution in [0, 0.1) is 6.92 Å². The quantitative estimate of drug-likeness (QED) is 0.399. The highest BCUT2D eigenvalue weighted by molar-refractivity contribution is 5.97. The molecule has 228 valence electrons. The zero-order valence-corrected chi connectivity index (χ0v) is 26.2. The Bertz CT molecular complexity index is 1280. The topological polar surface area (TPSA) is 92.8 Å². The third kappa shape index (κ3) is 8.05. The Morgan fingerprint density at radius 1 is 1.12 bits per heavy atom. The highest BCUT2D eigenvalue weighted by Gasteiger charge is 2.29. The maximum atomic E-state index is 13.7. The maximum Gasteiger partial charge on any atom is 0.407 e. The van der Waals surface area contributed by atoms with Crippen molar-refractivity contribution in [3.05, 3.63) is 64.5 Å². The molecular weight excluding hydrogens is 528 g/mol. The molecule has 2 aromatic rings. The van der Waals surface area contributed by atoms with Crippen molar-refractivity contribution in [3.8, 4) is 5.75 Å². The summed E-state index contributed by atoms with van der Waals surface area (Å²) in [5.74, 6) is 0.693. The van der Waals surface area contributed by atoms with E-state index in [0.29, 0.717) is 24.6 Å². The van der Waals surface area contributed by atoms with Crippen LogP contribution in [0.3, 0.4) is 0 Å². The summed E-state index contributed by atoms with van der Waals surface area (Å²) >= 11 is 0. The number of aryl methyl sites for hydroxylation is 2. The van der Waals surface area contributed by atoms with Crippen LogP contribution in [0.15, 0.2) is 36.7 Å². The first kappa shape index (κ1) is 31.4. The molecule has 2 N–H and O–H groups in total. The number of pyridine rings is 1. The molecule has 0 atom stereocenters. The van der Waals surface area contributed by atoms with Crippen LogP contribution in [-0.4, -0.2) is 48.3 Å². The molecule has 1 aliphatic carbocycles. The van der Waals surface area contributed by atoms with Crippen LogP contribution >= 0.6 is 0 Å². The van der Waals surface area contributed by atoms with Gasteiger partial charge in [0, 0.05) is 36.9 Å². The van der Waals surface area contributed by atoms with E-state index in [2.05, 4.69) is 52.6 Å². The van der Waals surface area contributed by atoms with Gasteiger partial charge in [-0.15, -0.1) is 0 Å². The summed E-state index contributed by atoms with van der Waals surface area (Å²) in [6.07, 6.45) is 14.9. The van der Waals surface area contributed by atoms with Gasteiger partial charge in [-0.1, -0.05) is 18.2 Å². The normalized spacial score (nSPS) is 20.4. The van der Waals surface area contributed by atoms with Crippen LogP contribution in [0.5, 0.6) is 5.75 Å². The third-order valence-electron chi connectivity index (χ3n) is 8.18. The number of allylic oxidation sites excluding steroid dienone is 2. The molecule has 42 heavy (non-hydrogen) atoms. The Labute approximate surface area is 251 Å². The summed E-state index contributed by atoms with van der Waals surface area (Å²) in [4.78, 5) is 32.9. The molecular formula is C34H48N4O4. The number of hydrogen-bond donors (Lipinski definition) is 2. The predicted molar refractivity (Wildman–Crippen MR) is 167 cm³/mol. The number of anilines is 1. The second-order valence-corrected chi connectivity index (χ2v) is 12.5. The number of alkyl carbamates (subject to hydrolysis) is 1. The lowest BCUT2D eigenvalue weighted by molar-refractivity contribution is 0.0491. The number of carbonyl (C=O) groups is 2. The van der Waals surface area contributed by atoms with Gasteiger partial charge in [-0.2, -0.15) is 0 Å². The monoisotopic (exact) mass is 576 g/mol. The zero-order chi connectivity index (χ0) is 30.3. The van der Waals surface area contributed by atoms with Crippen molar-refractivity contribution in [3.63, 3.8) is 0 Å². The number of amides is 2. The fourth-order valence-corrected chi connectivity index (χ4v) is 6.22. The second kappa shape index (κ2) is 14.1. The Kier molecular flexibility index (Phi) is 10.5. The maximum absolute atomic E-state index is 13.7. The molecule has 1 saturated carbocycles. The van der Waals surface area contributed by atoms with Gasteiger partial charge < -0.3 is 25.0 Å². The van der Waals surface area contributed by atoms with Gasteiger partial charge in [0.15, 0.2) is 0 Å². The van der Waals surface area contributed by atoms with E-state index in [-0.39, 0.29) is 18.0 Å². The summed E-state index contributed by atoms with van der Waals surface area (Å²) in [7, 11) is 1.69. The fraction of sp³-hybridized carbons (Fsp3) is 0.559. The average Bonchev–Trinajstić information content (AvgIpc) is 2.95. The van der Waals surface area contributed by atoms with Crippen molar-refractivity contribution in [2.24, 2.45) is 0 Å². The summed E-state index contributed by atoms with van der Waals surface area (Å²) in [6.45, 7) is 11.1. The lowest BCUT2D eigenvalue weighted by atomic mass is 9.89. The van der Waals surface area contributed by atoms with Crippen LogP contribution < -0.4 is 20.3 Å². The highest BCUT2D eigenvalue weighted by atomic mass is 16.6. The number of rotatable bonds is 5. The largest absolute Gasteiger partial charge is 0.496 e. The molecule has 8 heteroatoms. The van der Waals surface area contributed by atoms with Gasteiger partial charge in [-0.25, -0.2) is 4.79 Å². The second-order valence-electron chi connectivity index (χ2n) is 12.5. The number of nitrogens with zero attached hydrogens (tertiary/aromatic N) is 2. The number of ether oxygens (including phenoxy) is 2. The van der Waals surface area contributed by atoms with Crippen LogP contribution in [0.2, 0.25) is 0 Å². The zero-order valence-electron chi connectivity index (χ0n) is 26.2. The first-order valence-corrected chi connectivity index (χ1v) is 15.4. The fourth-order valence-electron chi connectivity index (χ4n) is 6.22. The van der Waals surface area contributed by atoms with Gasteiger partial charge in [0.1, 0.15) is 11.4 Å². The van der Waals surface area contributed by atoms with E-state index in [1.807, 2.05) is 33.0 Å². The standard InChI is InChI=1S/C34H48N4O4/c1-7-38(26-16-14-25(15-17-26)37-33(40)42-34(3,4)5)30-22-35-20-29-27(30)13-11-9-8-10-12-24-18-23(2)19-31(41-6)28(24)21-36-32(29)39/h9,11,18-20,22,25-26H,7-8,10,12-17,21H2,1-6H3,(H,36,39)(H,37,40)/b11-9+. The molecule has 0 saturated heterocycles. The van der Waals surface area contributed by atoms with Crippen molar-refractivity contribution in [2.75, 3.05) is 18.6 Å². The number of methoxy groups -OCH3 is 1. The minimum absolute atomic E-state index is 0.102. The van der Waals surface area contributed by atoms with E-state index in [4.69, 9.17) is 9.47 Å². The van der Waals surface area contributed by atoms with Crippen LogP contribution in [0.1, 0.15) is 98.8 Å². The molecule has 1 aromatic heterocycles. The highest BCUT2D eigenvalue weighted by Crippen LogP contribution is 2.32. The van der Waals surface area contributed by atoms with Gasteiger partial charge in [0.2, 0.25) is 0 Å². The lowest BCUT2D eigenvalue weighted by Crippen LogP contribution is -2.45. The number of hydrogen-bond acceptors (Lipinski definition) is 6. The number of benzene rings is 1. The molecule has 0 unspecified atom stereocenters. The predicted octanol–water partition coefficient (Wildman–Crippen LogP) is 6.43. The van der Waals surface area contributed by atoms with Gasteiger partial charge in [-0.05, 0) is 109 Å². The van der Waals surface area contributed by atoms with Crippen LogP contribution in [0.4, 0.5) is 10.5 Å². The van der Waals surface area contributed by atoms with Crippen LogP contribution in [0.25, 0.3) is 0 Å². The lowest BCUT2D eigenvalue weighted by Gasteiger charge is -2.39. The molecule has 8 nitrogen and oxygen atoms in total. The minimum atomic E-state index is -0.512. The first-order chi connectivity index (χ1) is 20.1. The van der Waals surface area contributed by atoms with Gasteiger partial charge in [-0.3, -0.25) is 9.78 Å². The van der Waals surface area contributed by atoms with E-state index < -0.39 is 5.60 Å². The Balaban J connectivity index is 1.55. The van der Waals surface area contributed by atoms with E-state index in [9.17, 15) is 9.59 Å². The molecule has 1 aromatic carbocycles. The molecule has 4 rings (SSSR count). The molecule has 1 aliphatic heterocycles. The summed E-state index contributed by atoms with van der Waals surface area (Å²) < 4.78 is 11.2. The van der Waals surface area contributed by atoms with Crippen molar-refractivity contribution >= 4 is 17.7 Å². The van der Waals surface area contributed by atoms with E-state index in [1.54, 1.807) is 13.3 Å². The van der Waals surface area contributed by atoms with Crippen molar-refractivity contribution in [1.82, 2.24) is 15.6 Å². The smallest absolute Gasteiger partial charge is 0.407 e. The number of carbonyl (C=O) groups excluding carboxylic acids is 2. The SMILES string of the molecule is CCN(c1cncc2c1C/C=C/CCCc1cc(C)cc(OC)c1CNC2=O)C1CCC(NC(=O)OC(C)(C)C)CC1. The van der Waals surface area contributed by atoms with E-state index >= 15 is 0 Å². The van der Waals surface area contributed by atoms with Gasteiger partial charge in [0.25, 0.3) is 5.91 Å². The first-order valence-electron chi connectivity index (χ1n) is 15.4. The number of aromatic nitrogens is 1. The minimum Gasteiger partial charge on any atom is -0.496 e. The molecule has 2 amide bonds. The summed E-state index contributed by atoms with van der Waals surface area (Å²) in [5.41, 5.74) is 5.54. The number of fused-ring (bicyclic) bond motifs is 2. The molecule has 0 bridgehead atoms. The molecule has 0 spiro atoms. The summed E-state index contributed by atoms with van der Waals surface area (Å²) in [5, 5.41) is 6.23. The number of nitrogens with one attached hydrogen (secondary N) is 2. The molecule has 1 fully saturated rings. The van der Waals surface area contributed by atoms with Gasteiger partial charge in [0.05, 0.1) is 24.6 Å². The Hall–Kier alpha value is -3.55. The van der Waals surface area contributed by atoms with E-state index in [0.717, 1.165) is 79.6 Å². The van der Waals surface area contributed by atoms with Crippen LogP contribution in [-0.2, 0) is 24.1 Å². The molecule has 2 aliphatic rings. The summed E-state index contributed by atoms with van der Waals surface area (Å²) in [6, 6.07) is 4.65. The average molecular weight is 577 g/mol. The van der Waals surface area contributed by atoms with Crippen molar-refractivity contribution < 1.29 is 19.1 Å². The van der Waals surface area contributed by atoms with Crippen molar-refractivity contribution in [2.45, 2.75) is 110 Å². The Morgan fingerprint density at radius 2 is 1.88 bits per heavy atom. The van der Waals surface area contributed by atoms with Gasteiger partial charge >= 0.3 is 6.09 Å². The molecule has 2 heterocycles. The van der Waals surface area contributed by atoms with E-state index in [1.165, 1.54) is 5.56 Å². The van der Waals surface area contributed by atoms with Crippen molar-refractivity contribution in [1.29, 1.82) is 0 Å². The molecule has 0 radical (unpaired) electrons. The third-order valence-corrected chi connectivity index (χ3v) is 8.18.